The number of hydrogen-bond acceptors (Lipinski definition) is 4. The van der Waals surface area contributed by atoms with Crippen LogP contribution in [0, 0.1) is 12.8 Å². The lowest BCUT2D eigenvalue weighted by Gasteiger charge is -2.08. The van der Waals surface area contributed by atoms with Gasteiger partial charge in [0.15, 0.2) is 0 Å². The van der Waals surface area contributed by atoms with Gasteiger partial charge in [0.05, 0.1) is 6.61 Å². The first-order chi connectivity index (χ1) is 7.58. The van der Waals surface area contributed by atoms with Crippen molar-refractivity contribution < 1.29 is 9.47 Å². The zero-order valence-electron chi connectivity index (χ0n) is 9.86. The van der Waals surface area contributed by atoms with Gasteiger partial charge in [-0.2, -0.15) is 4.98 Å². The first-order valence-corrected chi connectivity index (χ1v) is 5.67. The minimum Gasteiger partial charge on any atom is -0.475 e. The maximum Gasteiger partial charge on any atom is 0.218 e. The quantitative estimate of drug-likeness (QED) is 0.570. The Bertz CT molecular complexity index is 312. The van der Waals surface area contributed by atoms with E-state index in [1.165, 1.54) is 0 Å². The zero-order chi connectivity index (χ0) is 12.0. The molecule has 0 amide bonds. The molecular weight excluding hydrogens is 228 g/mol. The van der Waals surface area contributed by atoms with Crippen LogP contribution in [0.2, 0.25) is 5.15 Å². The fourth-order valence-corrected chi connectivity index (χ4v) is 1.32. The molecule has 0 spiro atoms. The second-order valence-corrected chi connectivity index (χ2v) is 4.28. The number of halogens is 1. The number of rotatable bonds is 6. The number of aryl methyl sites for hydroxylation is 1. The van der Waals surface area contributed by atoms with E-state index in [1.807, 2.05) is 0 Å². The van der Waals surface area contributed by atoms with Gasteiger partial charge in [-0.3, -0.25) is 0 Å². The van der Waals surface area contributed by atoms with E-state index in [9.17, 15) is 0 Å². The van der Waals surface area contributed by atoms with E-state index in [0.29, 0.717) is 36.0 Å². The van der Waals surface area contributed by atoms with Gasteiger partial charge in [-0.1, -0.05) is 25.4 Å². The normalized spacial score (nSPS) is 10.8. The number of aromatic nitrogens is 2. The van der Waals surface area contributed by atoms with Gasteiger partial charge in [-0.15, -0.1) is 0 Å². The van der Waals surface area contributed by atoms with Crippen LogP contribution in [0.1, 0.15) is 19.7 Å². The largest absolute Gasteiger partial charge is 0.475 e. The van der Waals surface area contributed by atoms with E-state index < -0.39 is 0 Å². The van der Waals surface area contributed by atoms with Crippen molar-refractivity contribution >= 4 is 11.6 Å². The Labute approximate surface area is 101 Å². The lowest BCUT2D eigenvalue weighted by molar-refractivity contribution is 0.0805. The SMILES string of the molecule is Cc1nc(Cl)cc(OCCOCC(C)C)n1. The maximum atomic E-state index is 5.77. The summed E-state index contributed by atoms with van der Waals surface area (Å²) in [5.74, 6) is 1.63. The van der Waals surface area contributed by atoms with Crippen LogP contribution < -0.4 is 4.74 Å². The highest BCUT2D eigenvalue weighted by Gasteiger charge is 2.01. The third kappa shape index (κ3) is 5.28. The van der Waals surface area contributed by atoms with E-state index in [0.717, 1.165) is 6.61 Å². The predicted octanol–water partition coefficient (Wildman–Crippen LogP) is 2.49. The molecule has 1 rings (SSSR count). The summed E-state index contributed by atoms with van der Waals surface area (Å²) in [6, 6.07) is 1.59. The van der Waals surface area contributed by atoms with Crippen molar-refractivity contribution in [2.24, 2.45) is 5.92 Å². The van der Waals surface area contributed by atoms with Crippen molar-refractivity contribution in [1.29, 1.82) is 0 Å². The molecule has 0 bridgehead atoms. The molecule has 0 atom stereocenters. The Balaban J connectivity index is 2.26. The van der Waals surface area contributed by atoms with Crippen LogP contribution in [0.25, 0.3) is 0 Å². The van der Waals surface area contributed by atoms with E-state index in [1.54, 1.807) is 13.0 Å². The monoisotopic (exact) mass is 244 g/mol. The smallest absolute Gasteiger partial charge is 0.218 e. The Kier molecular flexibility index (Phi) is 5.49. The van der Waals surface area contributed by atoms with E-state index in [4.69, 9.17) is 21.1 Å². The summed E-state index contributed by atoms with van der Waals surface area (Å²) in [5.41, 5.74) is 0. The molecule has 0 fully saturated rings. The second kappa shape index (κ2) is 6.66. The molecule has 90 valence electrons. The van der Waals surface area contributed by atoms with Crippen molar-refractivity contribution in [1.82, 2.24) is 9.97 Å². The molecule has 0 aliphatic carbocycles. The summed E-state index contributed by atoms with van der Waals surface area (Å²) in [7, 11) is 0. The van der Waals surface area contributed by atoms with Crippen LogP contribution in [0.4, 0.5) is 0 Å². The van der Waals surface area contributed by atoms with Gasteiger partial charge < -0.3 is 9.47 Å². The van der Waals surface area contributed by atoms with Gasteiger partial charge in [-0.25, -0.2) is 4.98 Å². The van der Waals surface area contributed by atoms with Crippen molar-refractivity contribution in [3.8, 4) is 5.88 Å². The second-order valence-electron chi connectivity index (χ2n) is 3.89. The molecule has 1 aromatic rings. The number of ether oxygens (including phenoxy) is 2. The third-order valence-electron chi connectivity index (χ3n) is 1.71. The highest BCUT2D eigenvalue weighted by Crippen LogP contribution is 2.12. The highest BCUT2D eigenvalue weighted by molar-refractivity contribution is 6.29. The molecule has 0 saturated carbocycles. The first kappa shape index (κ1) is 13.2. The lowest BCUT2D eigenvalue weighted by Crippen LogP contribution is -2.11. The minimum absolute atomic E-state index is 0.394. The molecule has 1 heterocycles. The van der Waals surface area contributed by atoms with Crippen LogP contribution in [0.5, 0.6) is 5.88 Å². The molecule has 16 heavy (non-hydrogen) atoms. The molecule has 0 aliphatic heterocycles. The van der Waals surface area contributed by atoms with E-state index in [-0.39, 0.29) is 0 Å². The standard InChI is InChI=1S/C11H17ClN2O2/c1-8(2)7-15-4-5-16-11-6-10(12)13-9(3)14-11/h6,8H,4-5,7H2,1-3H3. The summed E-state index contributed by atoms with van der Waals surface area (Å²) in [6.07, 6.45) is 0. The first-order valence-electron chi connectivity index (χ1n) is 5.29. The van der Waals surface area contributed by atoms with E-state index >= 15 is 0 Å². The zero-order valence-corrected chi connectivity index (χ0v) is 10.6. The van der Waals surface area contributed by atoms with Crippen LogP contribution in [0.3, 0.4) is 0 Å². The number of hydrogen-bond donors (Lipinski definition) is 0. The van der Waals surface area contributed by atoms with Crippen molar-refractivity contribution in [2.75, 3.05) is 19.8 Å². The average Bonchev–Trinajstić information content (AvgIpc) is 2.15. The molecule has 0 saturated heterocycles. The fourth-order valence-electron chi connectivity index (χ4n) is 1.10. The molecule has 0 aliphatic rings. The third-order valence-corrected chi connectivity index (χ3v) is 1.91. The van der Waals surface area contributed by atoms with Crippen molar-refractivity contribution in [3.63, 3.8) is 0 Å². The Morgan fingerprint density at radius 1 is 1.31 bits per heavy atom. The van der Waals surface area contributed by atoms with Gasteiger partial charge in [-0.05, 0) is 12.8 Å². The average molecular weight is 245 g/mol. The van der Waals surface area contributed by atoms with E-state index in [2.05, 4.69) is 23.8 Å². The summed E-state index contributed by atoms with van der Waals surface area (Å²) in [5, 5.41) is 0.394. The highest BCUT2D eigenvalue weighted by atomic mass is 35.5. The molecule has 1 aromatic heterocycles. The topological polar surface area (TPSA) is 44.2 Å². The summed E-state index contributed by atoms with van der Waals surface area (Å²) in [6.45, 7) is 7.75. The molecule has 0 N–H and O–H groups in total. The van der Waals surface area contributed by atoms with Crippen molar-refractivity contribution in [3.05, 3.63) is 17.0 Å². The Morgan fingerprint density at radius 2 is 2.06 bits per heavy atom. The summed E-state index contributed by atoms with van der Waals surface area (Å²) in [4.78, 5) is 8.04. The lowest BCUT2D eigenvalue weighted by atomic mass is 10.2. The molecule has 0 aromatic carbocycles. The Morgan fingerprint density at radius 3 is 2.69 bits per heavy atom. The van der Waals surface area contributed by atoms with Gasteiger partial charge in [0, 0.05) is 12.7 Å². The van der Waals surface area contributed by atoms with Gasteiger partial charge in [0.25, 0.3) is 0 Å². The molecular formula is C11H17ClN2O2. The van der Waals surface area contributed by atoms with Crippen LogP contribution in [-0.4, -0.2) is 29.8 Å². The molecule has 0 radical (unpaired) electrons. The molecule has 5 heteroatoms. The van der Waals surface area contributed by atoms with Crippen LogP contribution in [-0.2, 0) is 4.74 Å². The van der Waals surface area contributed by atoms with Gasteiger partial charge in [0.2, 0.25) is 5.88 Å². The van der Waals surface area contributed by atoms with Gasteiger partial charge >= 0.3 is 0 Å². The summed E-state index contributed by atoms with van der Waals surface area (Å²) >= 11 is 5.77. The fraction of sp³-hybridized carbons (Fsp3) is 0.636. The maximum absolute atomic E-state index is 5.77. The number of nitrogens with zero attached hydrogens (tertiary/aromatic N) is 2. The Hall–Kier alpha value is -0.870. The molecule has 0 unspecified atom stereocenters. The summed E-state index contributed by atoms with van der Waals surface area (Å²) < 4.78 is 10.8. The predicted molar refractivity (Wildman–Crippen MR) is 62.9 cm³/mol. The van der Waals surface area contributed by atoms with Gasteiger partial charge in [0.1, 0.15) is 17.6 Å². The van der Waals surface area contributed by atoms with Crippen LogP contribution in [0.15, 0.2) is 6.07 Å². The van der Waals surface area contributed by atoms with Crippen molar-refractivity contribution in [2.45, 2.75) is 20.8 Å². The van der Waals surface area contributed by atoms with Crippen LogP contribution >= 0.6 is 11.6 Å². The molecule has 4 nitrogen and oxygen atoms in total. The minimum atomic E-state index is 0.394.